The maximum Gasteiger partial charge on any atom is 0.331 e. The Hall–Kier alpha value is -3.38. The summed E-state index contributed by atoms with van der Waals surface area (Å²) in [5.74, 6) is -0.237. The zero-order valence-electron chi connectivity index (χ0n) is 15.5. The molecule has 1 aliphatic rings. The first kappa shape index (κ1) is 19.0. The number of fused-ring (bicyclic) bond motifs is 1. The lowest BCUT2D eigenvalue weighted by Crippen LogP contribution is -2.41. The Morgan fingerprint density at radius 1 is 1.07 bits per heavy atom. The lowest BCUT2D eigenvalue weighted by Gasteiger charge is -2.29. The molecule has 0 saturated carbocycles. The molecule has 2 heterocycles. The fourth-order valence-electron chi connectivity index (χ4n) is 3.18. The third-order valence-corrected chi connectivity index (χ3v) is 4.77. The van der Waals surface area contributed by atoms with Crippen LogP contribution in [-0.2, 0) is 16.0 Å². The number of aromatic nitrogens is 1. The van der Waals surface area contributed by atoms with Crippen molar-refractivity contribution in [1.82, 2.24) is 4.98 Å². The van der Waals surface area contributed by atoms with Crippen LogP contribution in [0.5, 0.6) is 5.75 Å². The van der Waals surface area contributed by atoms with Crippen LogP contribution in [0.3, 0.4) is 0 Å². The predicted octanol–water partition coefficient (Wildman–Crippen LogP) is 3.69. The van der Waals surface area contributed by atoms with Gasteiger partial charge >= 0.3 is 5.97 Å². The fourth-order valence-corrected chi connectivity index (χ4v) is 3.34. The minimum absolute atomic E-state index is 0.00830. The number of benzene rings is 2. The number of hydrogen-bond donors (Lipinski definition) is 1. The molecule has 0 aliphatic carbocycles. The Labute approximate surface area is 173 Å². The van der Waals surface area contributed by atoms with Gasteiger partial charge in [0.05, 0.1) is 12.2 Å². The number of nitrogens with one attached hydrogen (secondary N) is 1. The van der Waals surface area contributed by atoms with Gasteiger partial charge in [-0.25, -0.2) is 4.79 Å². The van der Waals surface area contributed by atoms with Crippen LogP contribution in [-0.4, -0.2) is 29.9 Å². The van der Waals surface area contributed by atoms with Crippen LogP contribution >= 0.6 is 11.6 Å². The highest BCUT2D eigenvalue weighted by molar-refractivity contribution is 6.31. The van der Waals surface area contributed by atoms with Gasteiger partial charge in [0.25, 0.3) is 0 Å². The number of hydrogen-bond acceptors (Lipinski definition) is 5. The standard InChI is InChI=1S/C22H18ClN3O3/c23-17-3-6-20-19(12-17)26(14-22(28)29-20)13-21(27)25-18-4-1-15(2-5-18)11-16-7-9-24-10-8-16/h1-10,12H,11,13-14H2,(H,25,27). The van der Waals surface area contributed by atoms with Crippen molar-refractivity contribution in [2.75, 3.05) is 23.3 Å². The van der Waals surface area contributed by atoms with Gasteiger partial charge in [-0.05, 0) is 60.0 Å². The molecular weight excluding hydrogens is 390 g/mol. The molecule has 0 radical (unpaired) electrons. The number of carbonyl (C=O) groups is 2. The predicted molar refractivity (Wildman–Crippen MR) is 111 cm³/mol. The molecule has 0 spiro atoms. The molecule has 0 unspecified atom stereocenters. The van der Waals surface area contributed by atoms with Crippen LogP contribution in [0.4, 0.5) is 11.4 Å². The first-order valence-corrected chi connectivity index (χ1v) is 9.47. The zero-order valence-corrected chi connectivity index (χ0v) is 16.2. The van der Waals surface area contributed by atoms with Crippen molar-refractivity contribution >= 4 is 34.9 Å². The summed E-state index contributed by atoms with van der Waals surface area (Å²) in [6.07, 6.45) is 4.33. The zero-order chi connectivity index (χ0) is 20.2. The quantitative estimate of drug-likeness (QED) is 0.516. The van der Waals surface area contributed by atoms with Crippen molar-refractivity contribution in [2.24, 2.45) is 0 Å². The van der Waals surface area contributed by atoms with Crippen LogP contribution in [0.25, 0.3) is 0 Å². The van der Waals surface area contributed by atoms with E-state index in [1.807, 2.05) is 36.4 Å². The molecule has 6 nitrogen and oxygen atoms in total. The van der Waals surface area contributed by atoms with Crippen molar-refractivity contribution in [2.45, 2.75) is 6.42 Å². The fraction of sp³-hybridized carbons (Fsp3) is 0.136. The normalized spacial score (nSPS) is 12.9. The minimum Gasteiger partial charge on any atom is -0.423 e. The molecule has 0 atom stereocenters. The van der Waals surface area contributed by atoms with Gasteiger partial charge in [-0.1, -0.05) is 23.7 Å². The van der Waals surface area contributed by atoms with Gasteiger partial charge in [-0.3, -0.25) is 9.78 Å². The van der Waals surface area contributed by atoms with E-state index in [9.17, 15) is 9.59 Å². The second kappa shape index (κ2) is 8.32. The number of amides is 1. The lowest BCUT2D eigenvalue weighted by atomic mass is 10.1. The molecule has 1 aliphatic heterocycles. The number of pyridine rings is 1. The van der Waals surface area contributed by atoms with E-state index in [0.717, 1.165) is 12.0 Å². The van der Waals surface area contributed by atoms with Crippen LogP contribution in [0.1, 0.15) is 11.1 Å². The SMILES string of the molecule is O=C(CN1CC(=O)Oc2ccc(Cl)cc21)Nc1ccc(Cc2ccncc2)cc1. The molecule has 3 aromatic rings. The third-order valence-electron chi connectivity index (χ3n) is 4.54. The molecule has 0 bridgehead atoms. The van der Waals surface area contributed by atoms with Crippen molar-refractivity contribution in [1.29, 1.82) is 0 Å². The van der Waals surface area contributed by atoms with E-state index in [0.29, 0.717) is 22.1 Å². The van der Waals surface area contributed by atoms with Crippen LogP contribution in [0, 0.1) is 0 Å². The van der Waals surface area contributed by atoms with E-state index < -0.39 is 5.97 Å². The topological polar surface area (TPSA) is 71.5 Å². The van der Waals surface area contributed by atoms with Crippen LogP contribution in [0.2, 0.25) is 5.02 Å². The Morgan fingerprint density at radius 2 is 1.79 bits per heavy atom. The first-order valence-electron chi connectivity index (χ1n) is 9.10. The van der Waals surface area contributed by atoms with E-state index in [1.54, 1.807) is 35.5 Å². The average Bonchev–Trinajstić information content (AvgIpc) is 2.71. The Bertz CT molecular complexity index is 1040. The molecule has 1 amide bonds. The minimum atomic E-state index is -0.409. The molecule has 29 heavy (non-hydrogen) atoms. The third kappa shape index (κ3) is 4.73. The Kier molecular flexibility index (Phi) is 5.44. The monoisotopic (exact) mass is 407 g/mol. The molecule has 0 saturated heterocycles. The average molecular weight is 408 g/mol. The van der Waals surface area contributed by atoms with Crippen molar-refractivity contribution in [3.63, 3.8) is 0 Å². The number of esters is 1. The maximum absolute atomic E-state index is 12.5. The summed E-state index contributed by atoms with van der Waals surface area (Å²) in [5, 5.41) is 3.38. The highest BCUT2D eigenvalue weighted by atomic mass is 35.5. The summed E-state index contributed by atoms with van der Waals surface area (Å²) in [4.78, 5) is 30.0. The number of carbonyl (C=O) groups excluding carboxylic acids is 2. The van der Waals surface area contributed by atoms with Crippen LogP contribution in [0.15, 0.2) is 67.0 Å². The Balaban J connectivity index is 1.40. The second-order valence-electron chi connectivity index (χ2n) is 6.72. The van der Waals surface area contributed by atoms with Crippen molar-refractivity contribution < 1.29 is 14.3 Å². The molecule has 1 N–H and O–H groups in total. The molecule has 2 aromatic carbocycles. The number of nitrogens with zero attached hydrogens (tertiary/aromatic N) is 2. The molecule has 146 valence electrons. The summed E-state index contributed by atoms with van der Waals surface area (Å²) in [5.41, 5.74) is 3.63. The lowest BCUT2D eigenvalue weighted by molar-refractivity contribution is -0.133. The summed E-state index contributed by atoms with van der Waals surface area (Å²) in [7, 11) is 0. The molecule has 1 aromatic heterocycles. The molecule has 4 rings (SSSR count). The first-order chi connectivity index (χ1) is 14.1. The van der Waals surface area contributed by atoms with E-state index in [4.69, 9.17) is 16.3 Å². The van der Waals surface area contributed by atoms with Gasteiger partial charge in [-0.15, -0.1) is 0 Å². The van der Waals surface area contributed by atoms with Crippen LogP contribution < -0.4 is 15.0 Å². The Morgan fingerprint density at radius 3 is 2.55 bits per heavy atom. The molecule has 7 heteroatoms. The van der Waals surface area contributed by atoms with Gasteiger partial charge < -0.3 is 15.0 Å². The molecule has 0 fully saturated rings. The second-order valence-corrected chi connectivity index (χ2v) is 7.16. The van der Waals surface area contributed by atoms with Gasteiger partial charge in [0, 0.05) is 23.1 Å². The van der Waals surface area contributed by atoms with Crippen molar-refractivity contribution in [3.05, 3.63) is 83.1 Å². The summed E-state index contributed by atoms with van der Waals surface area (Å²) >= 11 is 6.05. The summed E-state index contributed by atoms with van der Waals surface area (Å²) < 4.78 is 5.20. The molecular formula is C22H18ClN3O3. The van der Waals surface area contributed by atoms with Gasteiger partial charge in [0.15, 0.2) is 5.75 Å². The summed E-state index contributed by atoms with van der Waals surface area (Å²) in [6.45, 7) is 0.00679. The van der Waals surface area contributed by atoms with Gasteiger partial charge in [-0.2, -0.15) is 0 Å². The van der Waals surface area contributed by atoms with E-state index in [-0.39, 0.29) is 19.0 Å². The summed E-state index contributed by atoms with van der Waals surface area (Å²) in [6, 6.07) is 16.6. The number of rotatable bonds is 5. The highest BCUT2D eigenvalue weighted by Gasteiger charge is 2.26. The largest absolute Gasteiger partial charge is 0.423 e. The van der Waals surface area contributed by atoms with E-state index in [2.05, 4.69) is 10.3 Å². The van der Waals surface area contributed by atoms with E-state index in [1.165, 1.54) is 5.56 Å². The van der Waals surface area contributed by atoms with E-state index >= 15 is 0 Å². The number of anilines is 2. The van der Waals surface area contributed by atoms with Crippen molar-refractivity contribution in [3.8, 4) is 5.75 Å². The highest BCUT2D eigenvalue weighted by Crippen LogP contribution is 2.34. The van der Waals surface area contributed by atoms with Gasteiger partial charge in [0.1, 0.15) is 6.54 Å². The number of ether oxygens (including phenoxy) is 1. The smallest absolute Gasteiger partial charge is 0.331 e. The number of halogens is 1. The van der Waals surface area contributed by atoms with Gasteiger partial charge in [0.2, 0.25) is 5.91 Å². The maximum atomic E-state index is 12.5.